The highest BCUT2D eigenvalue weighted by molar-refractivity contribution is 5.35. The molecule has 0 spiro atoms. The van der Waals surface area contributed by atoms with Gasteiger partial charge in [-0.2, -0.15) is 0 Å². The summed E-state index contributed by atoms with van der Waals surface area (Å²) >= 11 is 0. The molecule has 0 fully saturated rings. The van der Waals surface area contributed by atoms with Crippen LogP contribution in [0.3, 0.4) is 0 Å². The van der Waals surface area contributed by atoms with Crippen LogP contribution in [0.5, 0.6) is 5.75 Å². The molecule has 0 heterocycles. The summed E-state index contributed by atoms with van der Waals surface area (Å²) in [6, 6.07) is 5.92. The molecule has 0 aliphatic carbocycles. The van der Waals surface area contributed by atoms with E-state index in [2.05, 4.69) is 6.92 Å². The quantitative estimate of drug-likeness (QED) is 0.0421. The smallest absolute Gasteiger partial charge is 0.269 e. The molecule has 0 amide bonds. The SMILES string of the molecule is CCCCCCCCCCCCOCCOCCOCCOCCOCCOCCOCCOCCOCCOCCOCCOCCOc1ccc([N+](=O)[O-])cc1. The number of unbranched alkanes of at least 4 members (excludes halogenated alkanes) is 9. The molecule has 0 bridgehead atoms. The van der Waals surface area contributed by atoms with Gasteiger partial charge in [0.25, 0.3) is 5.69 Å². The molecular weight excluding hydrogens is 758 g/mol. The van der Waals surface area contributed by atoms with Gasteiger partial charge in [-0.15, -0.1) is 0 Å². The zero-order valence-electron chi connectivity index (χ0n) is 35.6. The Morgan fingerprint density at radius 2 is 0.586 bits per heavy atom. The monoisotopic (exact) mass is 836 g/mol. The van der Waals surface area contributed by atoms with E-state index in [9.17, 15) is 10.1 Å². The van der Waals surface area contributed by atoms with Crippen LogP contribution in [0.2, 0.25) is 0 Å². The molecule has 16 heteroatoms. The normalized spacial score (nSPS) is 11.5. The maximum absolute atomic E-state index is 10.7. The molecule has 0 saturated carbocycles. The molecule has 58 heavy (non-hydrogen) atoms. The summed E-state index contributed by atoms with van der Waals surface area (Å²) in [6.45, 7) is 15.0. The van der Waals surface area contributed by atoms with Crippen LogP contribution in [0.4, 0.5) is 5.69 Å². The fourth-order valence-electron chi connectivity index (χ4n) is 5.10. The second kappa shape index (κ2) is 46.0. The maximum atomic E-state index is 10.7. The Balaban J connectivity index is 1.62. The van der Waals surface area contributed by atoms with Crippen LogP contribution < -0.4 is 4.74 Å². The first-order valence-corrected chi connectivity index (χ1v) is 21.5. The van der Waals surface area contributed by atoms with E-state index in [0.29, 0.717) is 164 Å². The molecule has 0 atom stereocenters. The van der Waals surface area contributed by atoms with E-state index in [-0.39, 0.29) is 5.69 Å². The molecule has 0 N–H and O–H groups in total. The molecule has 0 unspecified atom stereocenters. The van der Waals surface area contributed by atoms with Crippen LogP contribution in [0, 0.1) is 10.1 Å². The third-order valence-corrected chi connectivity index (χ3v) is 8.28. The summed E-state index contributed by atoms with van der Waals surface area (Å²) in [5, 5.41) is 10.7. The zero-order chi connectivity index (χ0) is 41.5. The molecule has 0 saturated heterocycles. The number of rotatable bonds is 49. The van der Waals surface area contributed by atoms with Gasteiger partial charge in [0.05, 0.1) is 157 Å². The highest BCUT2D eigenvalue weighted by Crippen LogP contribution is 2.17. The third kappa shape index (κ3) is 40.7. The minimum atomic E-state index is -0.450. The van der Waals surface area contributed by atoms with Crippen LogP contribution >= 0.6 is 0 Å². The molecule has 1 aromatic carbocycles. The van der Waals surface area contributed by atoms with Gasteiger partial charge in [0.1, 0.15) is 12.4 Å². The van der Waals surface area contributed by atoms with Crippen molar-refractivity contribution in [3.8, 4) is 5.75 Å². The third-order valence-electron chi connectivity index (χ3n) is 8.28. The van der Waals surface area contributed by atoms with Gasteiger partial charge in [0.2, 0.25) is 0 Å². The van der Waals surface area contributed by atoms with Gasteiger partial charge in [-0.1, -0.05) is 64.7 Å². The number of nitro benzene ring substituents is 1. The standard InChI is InChI=1S/C42H77NO15/c1-2-3-4-5-6-7-8-9-10-11-16-46-17-18-47-19-20-48-21-22-49-23-24-50-25-26-51-27-28-52-29-30-53-31-32-54-33-34-55-35-36-56-37-38-57-39-40-58-42-14-12-41(13-15-42)43(44)45/h12-15H,2-11,16-40H2,1H3. The summed E-state index contributed by atoms with van der Waals surface area (Å²) in [7, 11) is 0. The lowest BCUT2D eigenvalue weighted by Gasteiger charge is -2.09. The van der Waals surface area contributed by atoms with Gasteiger partial charge >= 0.3 is 0 Å². The molecule has 1 rings (SSSR count). The zero-order valence-corrected chi connectivity index (χ0v) is 35.6. The first-order chi connectivity index (χ1) is 28.7. The van der Waals surface area contributed by atoms with Crippen LogP contribution in [-0.2, 0) is 56.8 Å². The van der Waals surface area contributed by atoms with Crippen molar-refractivity contribution in [1.82, 2.24) is 0 Å². The Morgan fingerprint density at radius 1 is 0.345 bits per heavy atom. The summed E-state index contributed by atoms with van der Waals surface area (Å²) in [5.74, 6) is 0.556. The van der Waals surface area contributed by atoms with Crippen molar-refractivity contribution in [3.63, 3.8) is 0 Å². The number of non-ortho nitro benzene ring substituents is 1. The minimum absolute atomic E-state index is 0.0258. The summed E-state index contributed by atoms with van der Waals surface area (Å²) in [4.78, 5) is 10.2. The number of ether oxygens (including phenoxy) is 13. The van der Waals surface area contributed by atoms with Gasteiger partial charge in [-0.3, -0.25) is 10.1 Å². The van der Waals surface area contributed by atoms with Crippen molar-refractivity contribution in [2.24, 2.45) is 0 Å². The first kappa shape index (κ1) is 54.0. The average molecular weight is 836 g/mol. The van der Waals surface area contributed by atoms with E-state index in [1.54, 1.807) is 12.1 Å². The number of benzene rings is 1. The number of hydrogen-bond acceptors (Lipinski definition) is 15. The highest BCUT2D eigenvalue weighted by Gasteiger charge is 2.04. The summed E-state index contributed by atoms with van der Waals surface area (Å²) < 4.78 is 71.6. The van der Waals surface area contributed by atoms with E-state index in [4.69, 9.17) is 61.6 Å². The molecule has 340 valence electrons. The lowest BCUT2D eigenvalue weighted by atomic mass is 10.1. The maximum Gasteiger partial charge on any atom is 0.269 e. The van der Waals surface area contributed by atoms with Gasteiger partial charge in [0.15, 0.2) is 0 Å². The van der Waals surface area contributed by atoms with Gasteiger partial charge in [-0.05, 0) is 18.6 Å². The Bertz CT molecular complexity index is 963. The predicted molar refractivity (Wildman–Crippen MR) is 220 cm³/mol. The molecule has 16 nitrogen and oxygen atoms in total. The molecule has 0 radical (unpaired) electrons. The van der Waals surface area contributed by atoms with Crippen molar-refractivity contribution in [2.75, 3.05) is 165 Å². The Kier molecular flexibility index (Phi) is 42.8. The van der Waals surface area contributed by atoms with Crippen molar-refractivity contribution in [2.45, 2.75) is 71.1 Å². The topological polar surface area (TPSA) is 163 Å². The Morgan fingerprint density at radius 3 is 0.862 bits per heavy atom. The molecule has 0 aromatic heterocycles. The Hall–Kier alpha value is -2.06. The van der Waals surface area contributed by atoms with E-state index in [0.717, 1.165) is 13.0 Å². The summed E-state index contributed by atoms with van der Waals surface area (Å²) in [5.41, 5.74) is 0.0258. The van der Waals surface area contributed by atoms with Crippen LogP contribution in [0.15, 0.2) is 24.3 Å². The lowest BCUT2D eigenvalue weighted by Crippen LogP contribution is -2.15. The largest absolute Gasteiger partial charge is 0.491 e. The summed E-state index contributed by atoms with van der Waals surface area (Å²) in [6.07, 6.45) is 13.4. The van der Waals surface area contributed by atoms with Crippen LogP contribution in [0.1, 0.15) is 71.1 Å². The number of nitrogens with zero attached hydrogens (tertiary/aromatic N) is 1. The van der Waals surface area contributed by atoms with E-state index in [1.165, 1.54) is 69.9 Å². The van der Waals surface area contributed by atoms with Crippen LogP contribution in [0.25, 0.3) is 0 Å². The van der Waals surface area contributed by atoms with E-state index < -0.39 is 4.92 Å². The molecule has 0 aliphatic rings. The average Bonchev–Trinajstić information content (AvgIpc) is 3.23. The van der Waals surface area contributed by atoms with Crippen molar-refractivity contribution < 1.29 is 66.5 Å². The number of nitro groups is 1. The highest BCUT2D eigenvalue weighted by atomic mass is 16.6. The lowest BCUT2D eigenvalue weighted by molar-refractivity contribution is -0.384. The fraction of sp³-hybridized carbons (Fsp3) is 0.857. The molecule has 1 aromatic rings. The molecular formula is C42H77NO15. The second-order valence-electron chi connectivity index (χ2n) is 13.1. The van der Waals surface area contributed by atoms with Crippen molar-refractivity contribution in [1.29, 1.82) is 0 Å². The molecule has 0 aliphatic heterocycles. The Labute approximate surface area is 348 Å². The minimum Gasteiger partial charge on any atom is -0.491 e. The fourth-order valence-corrected chi connectivity index (χ4v) is 5.10. The van der Waals surface area contributed by atoms with E-state index in [1.807, 2.05) is 0 Å². The number of hydrogen-bond donors (Lipinski definition) is 0. The first-order valence-electron chi connectivity index (χ1n) is 21.5. The van der Waals surface area contributed by atoms with Crippen LogP contribution in [-0.4, -0.2) is 170 Å². The van der Waals surface area contributed by atoms with Crippen molar-refractivity contribution in [3.05, 3.63) is 34.4 Å². The van der Waals surface area contributed by atoms with Gasteiger partial charge < -0.3 is 61.6 Å². The second-order valence-corrected chi connectivity index (χ2v) is 13.1. The van der Waals surface area contributed by atoms with E-state index >= 15 is 0 Å². The van der Waals surface area contributed by atoms with Gasteiger partial charge in [-0.25, -0.2) is 0 Å². The van der Waals surface area contributed by atoms with Gasteiger partial charge in [0, 0.05) is 18.7 Å². The predicted octanol–water partition coefficient (Wildman–Crippen LogP) is 6.09. The van der Waals surface area contributed by atoms with Crippen molar-refractivity contribution >= 4 is 5.69 Å².